The Morgan fingerprint density at radius 3 is 3.00 bits per heavy atom. The molecule has 2 rings (SSSR count). The number of hydrogen-bond donors (Lipinski definition) is 0. The van der Waals surface area contributed by atoms with Crippen LogP contribution in [0.1, 0.15) is 15.9 Å². The van der Waals surface area contributed by atoms with E-state index in [1.165, 1.54) is 18.2 Å². The number of cyclic esters (lactones) is 1. The van der Waals surface area contributed by atoms with Crippen LogP contribution >= 0.6 is 0 Å². The van der Waals surface area contributed by atoms with E-state index in [0.717, 1.165) is 0 Å². The fraction of sp³-hybridized carbons (Fsp3) is 0.200. The monoisotopic (exact) mass is 194 g/mol. The van der Waals surface area contributed by atoms with Gasteiger partial charge in [0.1, 0.15) is 5.82 Å². The molecule has 0 bridgehead atoms. The summed E-state index contributed by atoms with van der Waals surface area (Å²) in [6.07, 6.45) is -0.225. The first kappa shape index (κ1) is 8.87. The second kappa shape index (κ2) is 3.21. The molecule has 1 aromatic carbocycles. The Balaban J connectivity index is 2.50. The molecule has 1 atom stereocenters. The summed E-state index contributed by atoms with van der Waals surface area (Å²) in [5, 5.41) is 0. The quantitative estimate of drug-likeness (QED) is 0.496. The van der Waals surface area contributed by atoms with E-state index in [1.54, 1.807) is 0 Å². The van der Waals surface area contributed by atoms with Crippen molar-refractivity contribution >= 4 is 12.3 Å². The summed E-state index contributed by atoms with van der Waals surface area (Å²) in [6, 6.07) is 4.19. The number of carbonyl (C=O) groups excluding carboxylic acids is 2. The zero-order valence-corrected chi connectivity index (χ0v) is 7.20. The molecule has 0 aliphatic carbocycles. The number of fused-ring (bicyclic) bond motifs is 1. The molecule has 4 heteroatoms. The molecular formula is C10H7FO3. The predicted octanol–water partition coefficient (Wildman–Crippen LogP) is 1.11. The Kier molecular flexibility index (Phi) is 2.04. The van der Waals surface area contributed by atoms with Crippen LogP contribution < -0.4 is 0 Å². The van der Waals surface area contributed by atoms with Gasteiger partial charge in [-0.05, 0) is 12.1 Å². The van der Waals surface area contributed by atoms with E-state index in [1.807, 2.05) is 0 Å². The Hall–Kier alpha value is -1.71. The smallest absolute Gasteiger partial charge is 0.339 e. The topological polar surface area (TPSA) is 43.4 Å². The lowest BCUT2D eigenvalue weighted by Crippen LogP contribution is -2.29. The van der Waals surface area contributed by atoms with E-state index >= 15 is 0 Å². The van der Waals surface area contributed by atoms with Gasteiger partial charge in [-0.3, -0.25) is 4.79 Å². The van der Waals surface area contributed by atoms with Crippen molar-refractivity contribution in [3.05, 3.63) is 35.1 Å². The Labute approximate surface area is 79.5 Å². The molecule has 0 N–H and O–H groups in total. The SMILES string of the molecule is O=CC1Cc2c(F)cccc2C(=O)O1. The van der Waals surface area contributed by atoms with Crippen LogP contribution in [0.3, 0.4) is 0 Å². The second-order valence-corrected chi connectivity index (χ2v) is 3.05. The summed E-state index contributed by atoms with van der Waals surface area (Å²) in [6.45, 7) is 0. The predicted molar refractivity (Wildman–Crippen MR) is 45.4 cm³/mol. The van der Waals surface area contributed by atoms with Gasteiger partial charge in [-0.15, -0.1) is 0 Å². The molecule has 0 aromatic heterocycles. The molecular weight excluding hydrogens is 187 g/mol. The highest BCUT2D eigenvalue weighted by molar-refractivity contribution is 5.93. The van der Waals surface area contributed by atoms with Crippen LogP contribution in [0, 0.1) is 5.82 Å². The normalized spacial score (nSPS) is 19.8. The summed E-state index contributed by atoms with van der Waals surface area (Å²) >= 11 is 0. The molecule has 0 saturated heterocycles. The third kappa shape index (κ3) is 1.28. The van der Waals surface area contributed by atoms with Crippen LogP contribution in [0.4, 0.5) is 4.39 Å². The number of rotatable bonds is 1. The highest BCUT2D eigenvalue weighted by Gasteiger charge is 2.27. The average Bonchev–Trinajstić information content (AvgIpc) is 2.19. The molecule has 72 valence electrons. The molecule has 3 nitrogen and oxygen atoms in total. The first-order valence-corrected chi connectivity index (χ1v) is 4.16. The first-order valence-electron chi connectivity index (χ1n) is 4.16. The van der Waals surface area contributed by atoms with Crippen molar-refractivity contribution in [3.8, 4) is 0 Å². The standard InChI is InChI=1S/C10H7FO3/c11-9-3-1-2-7-8(9)4-6(5-12)14-10(7)13/h1-3,5-6H,4H2. The maximum absolute atomic E-state index is 13.2. The Morgan fingerprint density at radius 1 is 1.50 bits per heavy atom. The van der Waals surface area contributed by atoms with Crippen molar-refractivity contribution in [1.29, 1.82) is 0 Å². The van der Waals surface area contributed by atoms with Crippen LogP contribution in [0.15, 0.2) is 18.2 Å². The highest BCUT2D eigenvalue weighted by Crippen LogP contribution is 2.22. The van der Waals surface area contributed by atoms with Gasteiger partial charge in [0.25, 0.3) is 0 Å². The zero-order chi connectivity index (χ0) is 10.1. The molecule has 1 aromatic rings. The largest absolute Gasteiger partial charge is 0.451 e. The molecule has 1 aliphatic heterocycles. The molecule has 0 spiro atoms. The lowest BCUT2D eigenvalue weighted by Gasteiger charge is -2.20. The molecule has 1 unspecified atom stereocenters. The van der Waals surface area contributed by atoms with Crippen molar-refractivity contribution in [2.45, 2.75) is 12.5 Å². The zero-order valence-electron chi connectivity index (χ0n) is 7.20. The average molecular weight is 194 g/mol. The van der Waals surface area contributed by atoms with E-state index in [0.29, 0.717) is 6.29 Å². The van der Waals surface area contributed by atoms with Crippen molar-refractivity contribution in [2.24, 2.45) is 0 Å². The molecule has 0 radical (unpaired) electrons. The van der Waals surface area contributed by atoms with Gasteiger partial charge in [0.05, 0.1) is 5.56 Å². The highest BCUT2D eigenvalue weighted by atomic mass is 19.1. The number of ether oxygens (including phenoxy) is 1. The molecule has 1 heterocycles. The van der Waals surface area contributed by atoms with Crippen LogP contribution in [0.2, 0.25) is 0 Å². The van der Waals surface area contributed by atoms with E-state index in [9.17, 15) is 14.0 Å². The first-order chi connectivity index (χ1) is 6.72. The van der Waals surface area contributed by atoms with Gasteiger partial charge < -0.3 is 4.74 Å². The molecule has 0 amide bonds. The van der Waals surface area contributed by atoms with Crippen molar-refractivity contribution < 1.29 is 18.7 Å². The summed E-state index contributed by atoms with van der Waals surface area (Å²) in [5.74, 6) is -1.10. The summed E-state index contributed by atoms with van der Waals surface area (Å²) in [5.41, 5.74) is 0.476. The summed E-state index contributed by atoms with van der Waals surface area (Å²) in [4.78, 5) is 21.7. The maximum Gasteiger partial charge on any atom is 0.339 e. The third-order valence-electron chi connectivity index (χ3n) is 2.15. The van der Waals surface area contributed by atoms with Crippen LogP contribution in [0.25, 0.3) is 0 Å². The van der Waals surface area contributed by atoms with Crippen molar-refractivity contribution in [1.82, 2.24) is 0 Å². The third-order valence-corrected chi connectivity index (χ3v) is 2.15. The van der Waals surface area contributed by atoms with E-state index in [4.69, 9.17) is 4.74 Å². The molecule has 0 saturated carbocycles. The molecule has 14 heavy (non-hydrogen) atoms. The maximum atomic E-state index is 13.2. The van der Waals surface area contributed by atoms with E-state index in [2.05, 4.69) is 0 Å². The van der Waals surface area contributed by atoms with Crippen LogP contribution in [-0.4, -0.2) is 18.4 Å². The second-order valence-electron chi connectivity index (χ2n) is 3.05. The minimum Gasteiger partial charge on any atom is -0.451 e. The van der Waals surface area contributed by atoms with Gasteiger partial charge in [-0.1, -0.05) is 6.07 Å². The van der Waals surface area contributed by atoms with Gasteiger partial charge >= 0.3 is 5.97 Å². The number of aldehydes is 1. The number of carbonyl (C=O) groups is 2. The van der Waals surface area contributed by atoms with E-state index in [-0.39, 0.29) is 17.5 Å². The van der Waals surface area contributed by atoms with E-state index < -0.39 is 17.9 Å². The van der Waals surface area contributed by atoms with Gasteiger partial charge in [0.15, 0.2) is 12.4 Å². The minimum absolute atomic E-state index is 0.122. The Morgan fingerprint density at radius 2 is 2.29 bits per heavy atom. The van der Waals surface area contributed by atoms with Gasteiger partial charge in [-0.2, -0.15) is 0 Å². The summed E-state index contributed by atoms with van der Waals surface area (Å²) < 4.78 is 18.0. The number of hydrogen-bond acceptors (Lipinski definition) is 3. The van der Waals surface area contributed by atoms with Gasteiger partial charge in [-0.25, -0.2) is 9.18 Å². The fourth-order valence-corrected chi connectivity index (χ4v) is 1.48. The van der Waals surface area contributed by atoms with Crippen LogP contribution in [0.5, 0.6) is 0 Å². The lowest BCUT2D eigenvalue weighted by atomic mass is 9.98. The molecule has 0 fully saturated rings. The van der Waals surface area contributed by atoms with Gasteiger partial charge in [0, 0.05) is 12.0 Å². The van der Waals surface area contributed by atoms with Crippen LogP contribution in [-0.2, 0) is 16.0 Å². The lowest BCUT2D eigenvalue weighted by molar-refractivity contribution is -0.115. The number of benzene rings is 1. The van der Waals surface area contributed by atoms with Gasteiger partial charge in [0.2, 0.25) is 0 Å². The molecule has 1 aliphatic rings. The minimum atomic E-state index is -0.855. The Bertz CT molecular complexity index is 400. The number of esters is 1. The van der Waals surface area contributed by atoms with Crippen molar-refractivity contribution in [3.63, 3.8) is 0 Å². The number of halogens is 1. The fourth-order valence-electron chi connectivity index (χ4n) is 1.48. The van der Waals surface area contributed by atoms with Crippen molar-refractivity contribution in [2.75, 3.05) is 0 Å². The summed E-state index contributed by atoms with van der Waals surface area (Å²) in [7, 11) is 0.